The average Bonchev–Trinajstić information content (AvgIpc) is 2.53. The molecule has 0 spiro atoms. The molecular weight excluding hydrogens is 315 g/mol. The van der Waals surface area contributed by atoms with Crippen LogP contribution in [0.4, 0.5) is 16.2 Å². The fraction of sp³-hybridized carbons (Fsp3) is 0.0625. The molecule has 0 saturated carbocycles. The second-order valence-electron chi connectivity index (χ2n) is 5.00. The summed E-state index contributed by atoms with van der Waals surface area (Å²) in [6, 6.07) is 6.66. The van der Waals surface area contributed by atoms with E-state index in [0.29, 0.717) is 16.5 Å². The molecule has 0 aliphatic rings. The molecule has 24 heavy (non-hydrogen) atoms. The average molecular weight is 328 g/mol. The Bertz CT molecular complexity index is 975. The minimum Gasteiger partial charge on any atom is -0.496 e. The Kier molecular flexibility index (Phi) is 3.64. The Morgan fingerprint density at radius 2 is 1.96 bits per heavy atom. The molecule has 0 atom stereocenters. The number of fused-ring (bicyclic) bond motifs is 1. The number of nitrogens with two attached hydrogens (primary N) is 2. The van der Waals surface area contributed by atoms with Crippen LogP contribution in [0.3, 0.4) is 0 Å². The summed E-state index contributed by atoms with van der Waals surface area (Å²) >= 11 is 0. The number of carboxylic acid groups (broad SMARTS) is 1. The summed E-state index contributed by atoms with van der Waals surface area (Å²) in [5, 5.41) is 9.84. The number of hydrogen-bond donors (Lipinski definition) is 3. The van der Waals surface area contributed by atoms with E-state index in [1.807, 2.05) is 0 Å². The molecule has 1 heterocycles. The van der Waals surface area contributed by atoms with Crippen molar-refractivity contribution in [2.75, 3.05) is 18.6 Å². The van der Waals surface area contributed by atoms with E-state index in [1.165, 1.54) is 31.4 Å². The molecule has 0 aliphatic carbocycles. The van der Waals surface area contributed by atoms with Gasteiger partial charge in [-0.2, -0.15) is 4.98 Å². The first-order chi connectivity index (χ1) is 11.4. The van der Waals surface area contributed by atoms with Crippen molar-refractivity contribution in [2.45, 2.75) is 0 Å². The van der Waals surface area contributed by atoms with Crippen molar-refractivity contribution in [1.29, 1.82) is 0 Å². The predicted octanol–water partition coefficient (Wildman–Crippen LogP) is 2.31. The summed E-state index contributed by atoms with van der Waals surface area (Å²) in [6.45, 7) is 0. The lowest BCUT2D eigenvalue weighted by Gasteiger charge is -2.15. The Balaban J connectivity index is 2.49. The highest BCUT2D eigenvalue weighted by atomic mass is 19.1. The van der Waals surface area contributed by atoms with Gasteiger partial charge in [-0.1, -0.05) is 0 Å². The fourth-order valence-electron chi connectivity index (χ4n) is 2.60. The number of rotatable bonds is 3. The molecule has 7 nitrogen and oxygen atoms in total. The van der Waals surface area contributed by atoms with Crippen LogP contribution in [0.2, 0.25) is 0 Å². The number of nitrogens with zero attached hydrogens (tertiary/aromatic N) is 2. The fourth-order valence-corrected chi connectivity index (χ4v) is 2.60. The number of halogens is 1. The van der Waals surface area contributed by atoms with Crippen LogP contribution in [0, 0.1) is 5.82 Å². The third-order valence-electron chi connectivity index (χ3n) is 3.57. The number of methoxy groups -OCH3 is 1. The first-order valence-corrected chi connectivity index (χ1v) is 6.85. The van der Waals surface area contributed by atoms with Gasteiger partial charge in [0.2, 0.25) is 5.95 Å². The van der Waals surface area contributed by atoms with E-state index < -0.39 is 11.8 Å². The highest BCUT2D eigenvalue weighted by Crippen LogP contribution is 2.39. The number of aromatic nitrogens is 2. The van der Waals surface area contributed by atoms with Gasteiger partial charge in [0.1, 0.15) is 17.4 Å². The van der Waals surface area contributed by atoms with Crippen molar-refractivity contribution in [3.8, 4) is 16.9 Å². The van der Waals surface area contributed by atoms with Gasteiger partial charge >= 0.3 is 5.97 Å². The SMILES string of the molecule is COc1cc(F)ccc1-c1c(C(=O)O)ccc2nc(N)nc(N)c12. The highest BCUT2D eigenvalue weighted by Gasteiger charge is 2.21. The first kappa shape index (κ1) is 15.5. The van der Waals surface area contributed by atoms with Crippen LogP contribution in [0.5, 0.6) is 5.75 Å². The molecular formula is C16H13FN4O3. The lowest BCUT2D eigenvalue weighted by Crippen LogP contribution is -2.06. The lowest BCUT2D eigenvalue weighted by molar-refractivity contribution is 0.0698. The molecule has 8 heteroatoms. The molecule has 0 aliphatic heterocycles. The number of carbonyl (C=O) groups is 1. The van der Waals surface area contributed by atoms with Crippen LogP contribution in [0.25, 0.3) is 22.0 Å². The minimum atomic E-state index is -1.17. The number of hydrogen-bond acceptors (Lipinski definition) is 6. The third-order valence-corrected chi connectivity index (χ3v) is 3.57. The second kappa shape index (κ2) is 5.65. The van der Waals surface area contributed by atoms with Gasteiger partial charge in [0.25, 0.3) is 0 Å². The number of ether oxygens (including phenoxy) is 1. The normalized spacial score (nSPS) is 10.8. The van der Waals surface area contributed by atoms with E-state index in [4.69, 9.17) is 16.2 Å². The van der Waals surface area contributed by atoms with E-state index in [-0.39, 0.29) is 28.6 Å². The molecule has 5 N–H and O–H groups in total. The summed E-state index contributed by atoms with van der Waals surface area (Å²) in [5.74, 6) is -1.51. The zero-order chi connectivity index (χ0) is 17.4. The molecule has 0 radical (unpaired) electrons. The molecule has 3 aromatic rings. The Hall–Kier alpha value is -3.42. The molecule has 0 saturated heterocycles. The molecule has 0 bridgehead atoms. The largest absolute Gasteiger partial charge is 0.496 e. The quantitative estimate of drug-likeness (QED) is 0.673. The van der Waals surface area contributed by atoms with Gasteiger partial charge in [0.05, 0.1) is 23.6 Å². The van der Waals surface area contributed by atoms with E-state index >= 15 is 0 Å². The van der Waals surface area contributed by atoms with Gasteiger partial charge < -0.3 is 21.3 Å². The van der Waals surface area contributed by atoms with Gasteiger partial charge in [0, 0.05) is 17.2 Å². The van der Waals surface area contributed by atoms with Crippen molar-refractivity contribution in [3.63, 3.8) is 0 Å². The predicted molar refractivity (Wildman–Crippen MR) is 87.3 cm³/mol. The Morgan fingerprint density at radius 1 is 1.21 bits per heavy atom. The second-order valence-corrected chi connectivity index (χ2v) is 5.00. The molecule has 0 unspecified atom stereocenters. The number of benzene rings is 2. The molecule has 1 aromatic heterocycles. The molecule has 3 rings (SSSR count). The maximum atomic E-state index is 13.5. The summed E-state index contributed by atoms with van der Waals surface area (Å²) < 4.78 is 18.7. The van der Waals surface area contributed by atoms with Crippen LogP contribution >= 0.6 is 0 Å². The van der Waals surface area contributed by atoms with E-state index in [9.17, 15) is 14.3 Å². The monoisotopic (exact) mass is 328 g/mol. The van der Waals surface area contributed by atoms with Crippen LogP contribution in [-0.4, -0.2) is 28.2 Å². The molecule has 0 amide bonds. The van der Waals surface area contributed by atoms with E-state index in [2.05, 4.69) is 9.97 Å². The van der Waals surface area contributed by atoms with Crippen LogP contribution < -0.4 is 16.2 Å². The van der Waals surface area contributed by atoms with Crippen LogP contribution in [0.1, 0.15) is 10.4 Å². The molecule has 2 aromatic carbocycles. The summed E-state index contributed by atoms with van der Waals surface area (Å²) in [6.07, 6.45) is 0. The Labute approximate surface area is 135 Å². The first-order valence-electron chi connectivity index (χ1n) is 6.85. The molecule has 0 fully saturated rings. The van der Waals surface area contributed by atoms with Crippen molar-refractivity contribution in [1.82, 2.24) is 9.97 Å². The minimum absolute atomic E-state index is 0.0277. The zero-order valence-corrected chi connectivity index (χ0v) is 12.6. The number of anilines is 2. The van der Waals surface area contributed by atoms with Crippen LogP contribution in [-0.2, 0) is 0 Å². The maximum absolute atomic E-state index is 13.5. The number of carboxylic acids is 1. The summed E-state index contributed by atoms with van der Waals surface area (Å²) in [4.78, 5) is 19.6. The topological polar surface area (TPSA) is 124 Å². The number of nitrogen functional groups attached to an aromatic ring is 2. The van der Waals surface area contributed by atoms with Gasteiger partial charge in [-0.15, -0.1) is 0 Å². The smallest absolute Gasteiger partial charge is 0.336 e. The van der Waals surface area contributed by atoms with Crippen LogP contribution in [0.15, 0.2) is 30.3 Å². The highest BCUT2D eigenvalue weighted by molar-refractivity contribution is 6.11. The lowest BCUT2D eigenvalue weighted by atomic mass is 9.94. The van der Waals surface area contributed by atoms with Crippen molar-refractivity contribution >= 4 is 28.6 Å². The summed E-state index contributed by atoms with van der Waals surface area (Å²) in [7, 11) is 1.36. The number of aromatic carboxylic acids is 1. The standard InChI is InChI=1S/C16H13FN4O3/c1-24-11-6-7(17)2-3-8(11)12-9(15(22)23)4-5-10-13(12)14(18)21-16(19)20-10/h2-6H,1H3,(H,22,23)(H4,18,19,20,21). The van der Waals surface area contributed by atoms with Gasteiger partial charge in [-0.05, 0) is 24.3 Å². The van der Waals surface area contributed by atoms with E-state index in [0.717, 1.165) is 6.07 Å². The Morgan fingerprint density at radius 3 is 2.62 bits per heavy atom. The summed E-state index contributed by atoms with van der Waals surface area (Å²) in [5.41, 5.74) is 12.5. The van der Waals surface area contributed by atoms with Gasteiger partial charge in [0.15, 0.2) is 0 Å². The van der Waals surface area contributed by atoms with Gasteiger partial charge in [-0.25, -0.2) is 14.2 Å². The maximum Gasteiger partial charge on any atom is 0.336 e. The third kappa shape index (κ3) is 2.43. The van der Waals surface area contributed by atoms with Crippen molar-refractivity contribution in [2.24, 2.45) is 0 Å². The van der Waals surface area contributed by atoms with Crippen molar-refractivity contribution < 1.29 is 19.0 Å². The van der Waals surface area contributed by atoms with Gasteiger partial charge in [-0.3, -0.25) is 0 Å². The zero-order valence-electron chi connectivity index (χ0n) is 12.6. The van der Waals surface area contributed by atoms with E-state index in [1.54, 1.807) is 0 Å². The molecule has 122 valence electrons. The van der Waals surface area contributed by atoms with Crippen molar-refractivity contribution in [3.05, 3.63) is 41.7 Å².